The third kappa shape index (κ3) is 2.72. The average molecular weight is 326 g/mol. The molecule has 0 bridgehead atoms. The fraction of sp³-hybridized carbons (Fsp3) is 0.526. The fourth-order valence-corrected chi connectivity index (χ4v) is 4.20. The van der Waals surface area contributed by atoms with Gasteiger partial charge in [0.2, 0.25) is 0 Å². The number of fused-ring (bicyclic) bond motifs is 1. The number of rotatable bonds is 4. The normalized spacial score (nSPS) is 21.2. The van der Waals surface area contributed by atoms with E-state index in [1.54, 1.807) is 0 Å². The maximum absolute atomic E-state index is 9.64. The molecule has 2 aliphatic rings. The molecule has 3 heterocycles. The van der Waals surface area contributed by atoms with E-state index in [-0.39, 0.29) is 6.61 Å². The van der Waals surface area contributed by atoms with E-state index in [1.165, 1.54) is 23.4 Å². The van der Waals surface area contributed by atoms with E-state index >= 15 is 0 Å². The van der Waals surface area contributed by atoms with Crippen molar-refractivity contribution < 1.29 is 5.11 Å². The molecular weight excluding hydrogens is 300 g/mol. The third-order valence-corrected chi connectivity index (χ3v) is 5.50. The molecule has 0 unspecified atom stereocenters. The van der Waals surface area contributed by atoms with E-state index in [1.807, 2.05) is 0 Å². The first-order chi connectivity index (χ1) is 11.8. The van der Waals surface area contributed by atoms with Crippen LogP contribution in [-0.2, 0) is 26.1 Å². The fourth-order valence-electron chi connectivity index (χ4n) is 4.20. The van der Waals surface area contributed by atoms with E-state index in [4.69, 9.17) is 0 Å². The molecule has 0 aliphatic carbocycles. The van der Waals surface area contributed by atoms with Crippen molar-refractivity contribution in [1.82, 2.24) is 14.7 Å². The molecule has 2 aromatic rings. The third-order valence-electron chi connectivity index (χ3n) is 5.50. The van der Waals surface area contributed by atoms with E-state index < -0.39 is 0 Å². The van der Waals surface area contributed by atoms with Crippen LogP contribution in [0.2, 0.25) is 0 Å². The summed E-state index contributed by atoms with van der Waals surface area (Å²) >= 11 is 0. The highest BCUT2D eigenvalue weighted by Crippen LogP contribution is 2.28. The van der Waals surface area contributed by atoms with Gasteiger partial charge in [0.05, 0.1) is 12.3 Å². The van der Waals surface area contributed by atoms with Crippen LogP contribution in [0.5, 0.6) is 0 Å². The molecule has 24 heavy (non-hydrogen) atoms. The molecule has 1 aromatic carbocycles. The van der Waals surface area contributed by atoms with Crippen LogP contribution in [0.4, 0.5) is 5.69 Å². The zero-order valence-electron chi connectivity index (χ0n) is 14.4. The van der Waals surface area contributed by atoms with Gasteiger partial charge in [-0.2, -0.15) is 5.10 Å². The SMILES string of the molecule is CCn1nc(CO)c2c1CCN([C@H]1CCN(c3ccccc3)C1)C2. The summed E-state index contributed by atoms with van der Waals surface area (Å²) in [6.07, 6.45) is 2.25. The van der Waals surface area contributed by atoms with Crippen LogP contribution in [0.1, 0.15) is 30.3 Å². The lowest BCUT2D eigenvalue weighted by atomic mass is 10.0. The lowest BCUT2D eigenvalue weighted by molar-refractivity contribution is 0.187. The number of benzene rings is 1. The van der Waals surface area contributed by atoms with E-state index in [0.29, 0.717) is 6.04 Å². The van der Waals surface area contributed by atoms with Gasteiger partial charge in [0, 0.05) is 62.1 Å². The molecule has 1 saturated heterocycles. The predicted octanol–water partition coefficient (Wildman–Crippen LogP) is 2.03. The monoisotopic (exact) mass is 326 g/mol. The zero-order chi connectivity index (χ0) is 16.5. The summed E-state index contributed by atoms with van der Waals surface area (Å²) in [5.41, 5.74) is 4.79. The molecule has 0 saturated carbocycles. The minimum atomic E-state index is 0.0456. The largest absolute Gasteiger partial charge is 0.390 e. The number of aliphatic hydroxyl groups excluding tert-OH is 1. The van der Waals surface area contributed by atoms with Gasteiger partial charge in [-0.3, -0.25) is 9.58 Å². The Morgan fingerprint density at radius 2 is 2.04 bits per heavy atom. The Kier molecular flexibility index (Phi) is 4.29. The van der Waals surface area contributed by atoms with Gasteiger partial charge in [0.25, 0.3) is 0 Å². The Bertz CT molecular complexity index is 697. The molecule has 1 N–H and O–H groups in total. The Morgan fingerprint density at radius 1 is 1.21 bits per heavy atom. The maximum Gasteiger partial charge on any atom is 0.0926 e. The number of aromatic nitrogens is 2. The molecule has 0 radical (unpaired) electrons. The Balaban J connectivity index is 1.48. The molecule has 0 spiro atoms. The number of anilines is 1. The summed E-state index contributed by atoms with van der Waals surface area (Å²) in [4.78, 5) is 5.08. The summed E-state index contributed by atoms with van der Waals surface area (Å²) in [5, 5.41) is 14.2. The average Bonchev–Trinajstić information content (AvgIpc) is 3.26. The van der Waals surface area contributed by atoms with Crippen molar-refractivity contribution in [1.29, 1.82) is 0 Å². The van der Waals surface area contributed by atoms with Crippen LogP contribution in [-0.4, -0.2) is 45.5 Å². The van der Waals surface area contributed by atoms with E-state index in [2.05, 4.69) is 56.8 Å². The highest BCUT2D eigenvalue weighted by Gasteiger charge is 2.32. The first kappa shape index (κ1) is 15.7. The van der Waals surface area contributed by atoms with Gasteiger partial charge in [0.1, 0.15) is 0 Å². The molecule has 4 rings (SSSR count). The van der Waals surface area contributed by atoms with Gasteiger partial charge >= 0.3 is 0 Å². The molecule has 1 fully saturated rings. The van der Waals surface area contributed by atoms with Crippen molar-refractivity contribution in [3.63, 3.8) is 0 Å². The first-order valence-corrected chi connectivity index (χ1v) is 9.02. The van der Waals surface area contributed by atoms with Crippen molar-refractivity contribution in [2.75, 3.05) is 24.5 Å². The van der Waals surface area contributed by atoms with Crippen LogP contribution in [0.3, 0.4) is 0 Å². The number of aryl methyl sites for hydroxylation is 1. The summed E-state index contributed by atoms with van der Waals surface area (Å²) < 4.78 is 2.07. The topological polar surface area (TPSA) is 44.5 Å². The number of hydrogen-bond acceptors (Lipinski definition) is 4. The molecule has 1 atom stereocenters. The number of para-hydroxylation sites is 1. The lowest BCUT2D eigenvalue weighted by Gasteiger charge is -2.33. The van der Waals surface area contributed by atoms with Crippen LogP contribution in [0.15, 0.2) is 30.3 Å². The van der Waals surface area contributed by atoms with Crippen molar-refractivity contribution in [3.05, 3.63) is 47.3 Å². The van der Waals surface area contributed by atoms with Crippen LogP contribution >= 0.6 is 0 Å². The summed E-state index contributed by atoms with van der Waals surface area (Å²) in [5.74, 6) is 0. The molecule has 128 valence electrons. The zero-order valence-corrected chi connectivity index (χ0v) is 14.4. The summed E-state index contributed by atoms with van der Waals surface area (Å²) in [6.45, 7) is 7.29. The number of aliphatic hydroxyl groups is 1. The minimum Gasteiger partial charge on any atom is -0.390 e. The van der Waals surface area contributed by atoms with Gasteiger partial charge in [0.15, 0.2) is 0 Å². The molecule has 5 heteroatoms. The first-order valence-electron chi connectivity index (χ1n) is 9.02. The van der Waals surface area contributed by atoms with Crippen LogP contribution in [0, 0.1) is 0 Å². The molecule has 1 aromatic heterocycles. The standard InChI is InChI=1S/C19H26N4O/c1-2-23-19-9-11-22(13-17(19)18(14-24)20-23)16-8-10-21(12-16)15-6-4-3-5-7-15/h3-7,16,24H,2,8-14H2,1H3/t16-/m0/s1. The molecule has 2 aliphatic heterocycles. The second-order valence-corrected chi connectivity index (χ2v) is 6.79. The molecular formula is C19H26N4O. The van der Waals surface area contributed by atoms with Crippen molar-refractivity contribution in [3.8, 4) is 0 Å². The number of nitrogens with zero attached hydrogens (tertiary/aromatic N) is 4. The predicted molar refractivity (Wildman–Crippen MR) is 95.0 cm³/mol. The molecule has 5 nitrogen and oxygen atoms in total. The van der Waals surface area contributed by atoms with E-state index in [9.17, 15) is 5.11 Å². The second-order valence-electron chi connectivity index (χ2n) is 6.79. The number of hydrogen-bond donors (Lipinski definition) is 1. The van der Waals surface area contributed by atoms with Crippen LogP contribution in [0.25, 0.3) is 0 Å². The Hall–Kier alpha value is -1.85. The summed E-state index contributed by atoms with van der Waals surface area (Å²) in [6, 6.07) is 11.3. The highest BCUT2D eigenvalue weighted by atomic mass is 16.3. The molecule has 0 amide bonds. The van der Waals surface area contributed by atoms with Crippen molar-refractivity contribution >= 4 is 5.69 Å². The van der Waals surface area contributed by atoms with Gasteiger partial charge in [-0.1, -0.05) is 18.2 Å². The Morgan fingerprint density at radius 3 is 2.79 bits per heavy atom. The maximum atomic E-state index is 9.64. The highest BCUT2D eigenvalue weighted by molar-refractivity contribution is 5.47. The van der Waals surface area contributed by atoms with Gasteiger partial charge < -0.3 is 10.0 Å². The smallest absolute Gasteiger partial charge is 0.0926 e. The van der Waals surface area contributed by atoms with Gasteiger partial charge in [-0.15, -0.1) is 0 Å². The Labute approximate surface area is 143 Å². The second kappa shape index (κ2) is 6.57. The lowest BCUT2D eigenvalue weighted by Crippen LogP contribution is -2.41. The minimum absolute atomic E-state index is 0.0456. The van der Waals surface area contributed by atoms with Gasteiger partial charge in [-0.05, 0) is 25.5 Å². The van der Waals surface area contributed by atoms with Gasteiger partial charge in [-0.25, -0.2) is 0 Å². The quantitative estimate of drug-likeness (QED) is 0.934. The van der Waals surface area contributed by atoms with Crippen LogP contribution < -0.4 is 4.90 Å². The van der Waals surface area contributed by atoms with E-state index in [0.717, 1.165) is 44.8 Å². The van der Waals surface area contributed by atoms with Crippen molar-refractivity contribution in [2.24, 2.45) is 0 Å². The van der Waals surface area contributed by atoms with Crippen molar-refractivity contribution in [2.45, 2.75) is 45.5 Å². The summed E-state index contributed by atoms with van der Waals surface area (Å²) in [7, 11) is 0.